The smallest absolute Gasteiger partial charge is 0.390 e. The monoisotopic (exact) mass is 272 g/mol. The number of hydrogen-bond acceptors (Lipinski definition) is 3. The minimum absolute atomic E-state index is 0.378. The highest BCUT2D eigenvalue weighted by Gasteiger charge is 2.27. The summed E-state index contributed by atoms with van der Waals surface area (Å²) in [6.45, 7) is 0.227. The van der Waals surface area contributed by atoms with E-state index in [0.29, 0.717) is 0 Å². The van der Waals surface area contributed by atoms with Gasteiger partial charge in [0.05, 0.1) is 18.4 Å². The Bertz CT molecular complexity index is 305. The molecule has 18 heavy (non-hydrogen) atoms. The number of urea groups is 1. The van der Waals surface area contributed by atoms with Crippen LogP contribution in [0.15, 0.2) is 0 Å². The normalized spacial score (nSPS) is 14.7. The summed E-state index contributed by atoms with van der Waals surface area (Å²) in [5.74, 6) is -1.25. The highest BCUT2D eigenvalue weighted by atomic mass is 19.4. The minimum Gasteiger partial charge on any atom is -0.481 e. The van der Waals surface area contributed by atoms with Gasteiger partial charge < -0.3 is 20.8 Å². The Morgan fingerprint density at radius 1 is 1.22 bits per heavy atom. The van der Waals surface area contributed by atoms with Crippen LogP contribution in [-0.4, -0.2) is 47.1 Å². The van der Waals surface area contributed by atoms with Crippen LogP contribution in [-0.2, 0) is 4.79 Å². The number of alkyl halides is 3. The maximum Gasteiger partial charge on any atom is 0.390 e. The Kier molecular flexibility index (Phi) is 5.89. The van der Waals surface area contributed by atoms with E-state index in [1.54, 1.807) is 0 Å². The zero-order chi connectivity index (χ0) is 14.4. The summed E-state index contributed by atoms with van der Waals surface area (Å²) in [4.78, 5) is 21.3. The van der Waals surface area contributed by atoms with Gasteiger partial charge in [0.1, 0.15) is 0 Å². The molecule has 0 aliphatic heterocycles. The molecule has 0 saturated heterocycles. The van der Waals surface area contributed by atoms with Gasteiger partial charge in [-0.3, -0.25) is 4.79 Å². The number of carbonyl (C=O) groups excluding carboxylic acids is 1. The topological polar surface area (TPSA) is 98.7 Å². The fourth-order valence-corrected chi connectivity index (χ4v) is 1.04. The molecule has 0 heterocycles. The van der Waals surface area contributed by atoms with Gasteiger partial charge in [0, 0.05) is 13.1 Å². The molecule has 6 nitrogen and oxygen atoms in total. The van der Waals surface area contributed by atoms with E-state index < -0.39 is 43.2 Å². The molecular weight excluding hydrogens is 257 g/mol. The first kappa shape index (κ1) is 16.5. The van der Waals surface area contributed by atoms with Gasteiger partial charge in [-0.2, -0.15) is 13.2 Å². The van der Waals surface area contributed by atoms with Crippen molar-refractivity contribution in [1.29, 1.82) is 0 Å². The second-order valence-corrected chi connectivity index (χ2v) is 4.04. The summed E-state index contributed by atoms with van der Waals surface area (Å²) < 4.78 is 35.2. The van der Waals surface area contributed by atoms with Crippen molar-refractivity contribution in [2.24, 2.45) is 0 Å². The standard InChI is InChI=1S/C9H15F3N2O4/c1-8(18,4-6(15)16)5-14-7(17)13-3-2-9(10,11)12/h18H,2-5H2,1H3,(H,15,16)(H2,13,14,17). The molecule has 2 amide bonds. The average molecular weight is 272 g/mol. The number of aliphatic carboxylic acids is 1. The predicted octanol–water partition coefficient (Wildman–Crippen LogP) is 0.464. The lowest BCUT2D eigenvalue weighted by Gasteiger charge is -2.21. The van der Waals surface area contributed by atoms with Crippen molar-refractivity contribution in [2.75, 3.05) is 13.1 Å². The highest BCUT2D eigenvalue weighted by molar-refractivity contribution is 5.74. The molecule has 0 saturated carbocycles. The molecule has 0 bridgehead atoms. The van der Waals surface area contributed by atoms with Gasteiger partial charge in [-0.1, -0.05) is 0 Å². The third-order valence-electron chi connectivity index (χ3n) is 1.86. The molecule has 4 N–H and O–H groups in total. The van der Waals surface area contributed by atoms with E-state index in [2.05, 4.69) is 5.32 Å². The molecule has 106 valence electrons. The summed E-state index contributed by atoms with van der Waals surface area (Å²) in [7, 11) is 0. The van der Waals surface area contributed by atoms with Crippen molar-refractivity contribution in [1.82, 2.24) is 10.6 Å². The molecule has 0 aromatic heterocycles. The van der Waals surface area contributed by atoms with Gasteiger partial charge >= 0.3 is 18.2 Å². The summed E-state index contributed by atoms with van der Waals surface area (Å²) >= 11 is 0. The summed E-state index contributed by atoms with van der Waals surface area (Å²) in [6.07, 6.45) is -6.11. The number of hydrogen-bond donors (Lipinski definition) is 4. The SMILES string of the molecule is CC(O)(CNC(=O)NCCC(F)(F)F)CC(=O)O. The zero-order valence-corrected chi connectivity index (χ0v) is 9.67. The Hall–Kier alpha value is -1.51. The molecule has 0 aromatic rings. The summed E-state index contributed by atoms with van der Waals surface area (Å²) in [5, 5.41) is 21.9. The number of nitrogens with one attached hydrogen (secondary N) is 2. The third kappa shape index (κ3) is 9.70. The van der Waals surface area contributed by atoms with Gasteiger partial charge in [-0.05, 0) is 6.92 Å². The summed E-state index contributed by atoms with van der Waals surface area (Å²) in [5.41, 5.74) is -1.66. The third-order valence-corrected chi connectivity index (χ3v) is 1.86. The van der Waals surface area contributed by atoms with Crippen LogP contribution < -0.4 is 10.6 Å². The van der Waals surface area contributed by atoms with Gasteiger partial charge in [-0.15, -0.1) is 0 Å². The largest absolute Gasteiger partial charge is 0.481 e. The van der Waals surface area contributed by atoms with Gasteiger partial charge in [0.15, 0.2) is 0 Å². The number of halogens is 3. The van der Waals surface area contributed by atoms with E-state index in [1.165, 1.54) is 6.92 Å². The van der Waals surface area contributed by atoms with E-state index in [1.807, 2.05) is 5.32 Å². The second kappa shape index (κ2) is 6.43. The first-order chi connectivity index (χ1) is 8.02. The van der Waals surface area contributed by atoms with E-state index in [9.17, 15) is 27.9 Å². The molecule has 0 fully saturated rings. The Morgan fingerprint density at radius 2 is 1.78 bits per heavy atom. The maximum absolute atomic E-state index is 11.7. The number of amides is 2. The van der Waals surface area contributed by atoms with Crippen molar-refractivity contribution in [3.05, 3.63) is 0 Å². The predicted molar refractivity (Wildman–Crippen MR) is 55.0 cm³/mol. The number of aliphatic hydroxyl groups is 1. The number of carboxylic acids is 1. The van der Waals surface area contributed by atoms with Crippen molar-refractivity contribution >= 4 is 12.0 Å². The van der Waals surface area contributed by atoms with E-state index >= 15 is 0 Å². The molecule has 1 atom stereocenters. The molecule has 0 radical (unpaired) electrons. The number of rotatable bonds is 6. The minimum atomic E-state index is -4.36. The van der Waals surface area contributed by atoms with Crippen LogP contribution in [0.3, 0.4) is 0 Å². The molecule has 1 unspecified atom stereocenters. The molecule has 9 heteroatoms. The number of carbonyl (C=O) groups is 2. The number of carboxylic acid groups (broad SMARTS) is 1. The molecular formula is C9H15F3N2O4. The van der Waals surface area contributed by atoms with E-state index in [4.69, 9.17) is 5.11 Å². The fraction of sp³-hybridized carbons (Fsp3) is 0.778. The van der Waals surface area contributed by atoms with Gasteiger partial charge in [-0.25, -0.2) is 4.79 Å². The average Bonchev–Trinajstić information content (AvgIpc) is 2.10. The lowest BCUT2D eigenvalue weighted by atomic mass is 10.0. The summed E-state index contributed by atoms with van der Waals surface area (Å²) in [6, 6.07) is -0.898. The lowest BCUT2D eigenvalue weighted by molar-refractivity contribution is -0.141. The Balaban J connectivity index is 3.86. The van der Waals surface area contributed by atoms with Crippen molar-refractivity contribution in [3.8, 4) is 0 Å². The van der Waals surface area contributed by atoms with Crippen LogP contribution in [0.25, 0.3) is 0 Å². The van der Waals surface area contributed by atoms with Crippen LogP contribution in [0.2, 0.25) is 0 Å². The van der Waals surface area contributed by atoms with E-state index in [-0.39, 0.29) is 6.54 Å². The van der Waals surface area contributed by atoms with Crippen molar-refractivity contribution in [3.63, 3.8) is 0 Å². The molecule has 0 aromatic carbocycles. The first-order valence-corrected chi connectivity index (χ1v) is 5.04. The van der Waals surface area contributed by atoms with Crippen LogP contribution in [0.4, 0.5) is 18.0 Å². The van der Waals surface area contributed by atoms with E-state index in [0.717, 1.165) is 0 Å². The van der Waals surface area contributed by atoms with Crippen molar-refractivity contribution < 1.29 is 33.0 Å². The van der Waals surface area contributed by atoms with Crippen molar-refractivity contribution in [2.45, 2.75) is 31.5 Å². The second-order valence-electron chi connectivity index (χ2n) is 4.04. The molecule has 0 aliphatic carbocycles. The van der Waals surface area contributed by atoms with Crippen LogP contribution in [0, 0.1) is 0 Å². The zero-order valence-electron chi connectivity index (χ0n) is 9.67. The molecule has 0 aliphatic rings. The molecule has 0 spiro atoms. The molecule has 0 rings (SSSR count). The Morgan fingerprint density at radius 3 is 2.22 bits per heavy atom. The van der Waals surface area contributed by atoms with Gasteiger partial charge in [0.25, 0.3) is 0 Å². The van der Waals surface area contributed by atoms with Crippen LogP contribution in [0.5, 0.6) is 0 Å². The van der Waals surface area contributed by atoms with Crippen LogP contribution in [0.1, 0.15) is 19.8 Å². The lowest BCUT2D eigenvalue weighted by Crippen LogP contribution is -2.46. The Labute approximate surface area is 101 Å². The highest BCUT2D eigenvalue weighted by Crippen LogP contribution is 2.18. The maximum atomic E-state index is 11.7. The quantitative estimate of drug-likeness (QED) is 0.564. The van der Waals surface area contributed by atoms with Crippen LogP contribution >= 0.6 is 0 Å². The fourth-order valence-electron chi connectivity index (χ4n) is 1.04. The van der Waals surface area contributed by atoms with Gasteiger partial charge in [0.2, 0.25) is 0 Å². The first-order valence-electron chi connectivity index (χ1n) is 5.04.